The molecule has 0 aliphatic carbocycles. The molecule has 1 heteroatoms. The first-order chi connectivity index (χ1) is 9.38. The molecule has 0 saturated heterocycles. The minimum atomic E-state index is 0.142. The van der Waals surface area contributed by atoms with E-state index < -0.39 is 0 Å². The Balaban J connectivity index is 2.18. The van der Waals surface area contributed by atoms with Crippen molar-refractivity contribution in [1.82, 2.24) is 0 Å². The average Bonchev–Trinajstić information content (AvgIpc) is 2.38. The van der Waals surface area contributed by atoms with E-state index in [0.29, 0.717) is 11.7 Å². The molecule has 0 bridgehead atoms. The second-order valence-corrected chi connectivity index (χ2v) is 6.47. The van der Waals surface area contributed by atoms with Crippen molar-refractivity contribution in [2.75, 3.05) is 0 Å². The molecule has 0 aromatic heterocycles. The van der Waals surface area contributed by atoms with Crippen molar-refractivity contribution in [3.8, 4) is 5.75 Å². The highest BCUT2D eigenvalue weighted by molar-refractivity contribution is 5.30. The molecular weight excluding hydrogens is 244 g/mol. The summed E-state index contributed by atoms with van der Waals surface area (Å²) in [5.41, 5.74) is 4.00. The van der Waals surface area contributed by atoms with Gasteiger partial charge in [-0.05, 0) is 47.9 Å². The van der Waals surface area contributed by atoms with E-state index >= 15 is 0 Å². The number of phenols is 1. The lowest BCUT2D eigenvalue weighted by molar-refractivity contribution is 0.298. The van der Waals surface area contributed by atoms with Crippen molar-refractivity contribution < 1.29 is 5.11 Å². The van der Waals surface area contributed by atoms with E-state index in [9.17, 15) is 5.11 Å². The van der Waals surface area contributed by atoms with Gasteiger partial charge in [-0.1, -0.05) is 62.7 Å². The summed E-state index contributed by atoms with van der Waals surface area (Å²) in [4.78, 5) is 0. The standard InChI is InChI=1S/C19H24O/c1-14-8-10-17(11-9-14)15(2)19(3,4)13-16-6-5-7-18(20)12-16/h5-12,15,20H,13H2,1-4H3. The van der Waals surface area contributed by atoms with Gasteiger partial charge in [0, 0.05) is 0 Å². The molecular formula is C19H24O. The van der Waals surface area contributed by atoms with Gasteiger partial charge in [0.2, 0.25) is 0 Å². The van der Waals surface area contributed by atoms with Crippen molar-refractivity contribution in [2.24, 2.45) is 5.41 Å². The first-order valence-electron chi connectivity index (χ1n) is 7.23. The Kier molecular flexibility index (Phi) is 4.17. The summed E-state index contributed by atoms with van der Waals surface area (Å²) in [5.74, 6) is 0.812. The van der Waals surface area contributed by atoms with E-state index in [2.05, 4.69) is 58.0 Å². The van der Waals surface area contributed by atoms with Gasteiger partial charge in [-0.3, -0.25) is 0 Å². The number of phenolic OH excluding ortho intramolecular Hbond substituents is 1. The molecule has 0 spiro atoms. The molecule has 0 heterocycles. The van der Waals surface area contributed by atoms with E-state index in [1.165, 1.54) is 16.7 Å². The molecule has 0 fully saturated rings. The average molecular weight is 268 g/mol. The first kappa shape index (κ1) is 14.6. The van der Waals surface area contributed by atoms with Gasteiger partial charge in [-0.25, -0.2) is 0 Å². The third-order valence-corrected chi connectivity index (χ3v) is 4.32. The van der Waals surface area contributed by atoms with Crippen LogP contribution in [-0.2, 0) is 6.42 Å². The molecule has 0 aliphatic rings. The van der Waals surface area contributed by atoms with Gasteiger partial charge >= 0.3 is 0 Å². The molecule has 2 aromatic rings. The Morgan fingerprint density at radius 2 is 1.70 bits per heavy atom. The van der Waals surface area contributed by atoms with Gasteiger partial charge in [0.25, 0.3) is 0 Å². The molecule has 0 radical (unpaired) electrons. The van der Waals surface area contributed by atoms with Crippen LogP contribution in [0, 0.1) is 12.3 Å². The van der Waals surface area contributed by atoms with Gasteiger partial charge in [0.05, 0.1) is 0 Å². The fraction of sp³-hybridized carbons (Fsp3) is 0.368. The lowest BCUT2D eigenvalue weighted by Crippen LogP contribution is -2.22. The second kappa shape index (κ2) is 5.70. The number of hydrogen-bond donors (Lipinski definition) is 1. The van der Waals surface area contributed by atoms with Crippen molar-refractivity contribution >= 4 is 0 Å². The predicted molar refractivity (Wildman–Crippen MR) is 85.2 cm³/mol. The molecule has 0 amide bonds. The van der Waals surface area contributed by atoms with Crippen LogP contribution >= 0.6 is 0 Å². The van der Waals surface area contributed by atoms with Gasteiger partial charge in [-0.15, -0.1) is 0 Å². The van der Waals surface area contributed by atoms with Gasteiger partial charge < -0.3 is 5.11 Å². The molecule has 2 rings (SSSR count). The van der Waals surface area contributed by atoms with Crippen LogP contribution in [-0.4, -0.2) is 5.11 Å². The van der Waals surface area contributed by atoms with Gasteiger partial charge in [0.15, 0.2) is 0 Å². The highest BCUT2D eigenvalue weighted by atomic mass is 16.3. The zero-order chi connectivity index (χ0) is 14.8. The SMILES string of the molecule is Cc1ccc(C(C)C(C)(C)Cc2cccc(O)c2)cc1. The minimum absolute atomic E-state index is 0.142. The zero-order valence-electron chi connectivity index (χ0n) is 12.9. The molecule has 1 atom stereocenters. The largest absolute Gasteiger partial charge is 0.508 e. The van der Waals surface area contributed by atoms with Crippen LogP contribution in [0.2, 0.25) is 0 Å². The topological polar surface area (TPSA) is 20.2 Å². The summed E-state index contributed by atoms with van der Waals surface area (Å²) in [6, 6.07) is 16.4. The fourth-order valence-electron chi connectivity index (χ4n) is 2.65. The van der Waals surface area contributed by atoms with Crippen molar-refractivity contribution in [1.29, 1.82) is 0 Å². The number of rotatable bonds is 4. The molecule has 106 valence electrons. The van der Waals surface area contributed by atoms with Gasteiger partial charge in [-0.2, -0.15) is 0 Å². The maximum Gasteiger partial charge on any atom is 0.115 e. The zero-order valence-corrected chi connectivity index (χ0v) is 12.9. The summed E-state index contributed by atoms with van der Waals surface area (Å²) in [7, 11) is 0. The maximum absolute atomic E-state index is 9.60. The Bertz CT molecular complexity index is 567. The maximum atomic E-state index is 9.60. The number of benzene rings is 2. The Morgan fingerprint density at radius 1 is 1.05 bits per heavy atom. The van der Waals surface area contributed by atoms with Crippen molar-refractivity contribution in [3.05, 3.63) is 65.2 Å². The molecule has 2 aromatic carbocycles. The molecule has 0 aliphatic heterocycles. The number of aryl methyl sites for hydroxylation is 1. The normalized spacial score (nSPS) is 13.2. The van der Waals surface area contributed by atoms with Crippen LogP contribution < -0.4 is 0 Å². The van der Waals surface area contributed by atoms with Crippen LogP contribution in [0.15, 0.2) is 48.5 Å². The summed E-state index contributed by atoms with van der Waals surface area (Å²) >= 11 is 0. The van der Waals surface area contributed by atoms with Gasteiger partial charge in [0.1, 0.15) is 5.75 Å². The van der Waals surface area contributed by atoms with Crippen molar-refractivity contribution in [3.63, 3.8) is 0 Å². The van der Waals surface area contributed by atoms with Crippen LogP contribution in [0.1, 0.15) is 43.4 Å². The van der Waals surface area contributed by atoms with Crippen LogP contribution in [0.3, 0.4) is 0 Å². The number of hydrogen-bond acceptors (Lipinski definition) is 1. The van der Waals surface area contributed by atoms with E-state index in [1.54, 1.807) is 6.07 Å². The second-order valence-electron chi connectivity index (χ2n) is 6.47. The third kappa shape index (κ3) is 3.41. The van der Waals surface area contributed by atoms with E-state index in [1.807, 2.05) is 12.1 Å². The minimum Gasteiger partial charge on any atom is -0.508 e. The monoisotopic (exact) mass is 268 g/mol. The lowest BCUT2D eigenvalue weighted by atomic mass is 9.72. The summed E-state index contributed by atoms with van der Waals surface area (Å²) < 4.78 is 0. The highest BCUT2D eigenvalue weighted by Gasteiger charge is 2.27. The van der Waals surface area contributed by atoms with E-state index in [0.717, 1.165) is 6.42 Å². The van der Waals surface area contributed by atoms with Crippen LogP contribution in [0.5, 0.6) is 5.75 Å². The quantitative estimate of drug-likeness (QED) is 0.820. The van der Waals surface area contributed by atoms with E-state index in [4.69, 9.17) is 0 Å². The van der Waals surface area contributed by atoms with Crippen LogP contribution in [0.25, 0.3) is 0 Å². The fourth-order valence-corrected chi connectivity index (χ4v) is 2.65. The van der Waals surface area contributed by atoms with Crippen LogP contribution in [0.4, 0.5) is 0 Å². The molecule has 1 nitrogen and oxygen atoms in total. The smallest absolute Gasteiger partial charge is 0.115 e. The third-order valence-electron chi connectivity index (χ3n) is 4.32. The first-order valence-corrected chi connectivity index (χ1v) is 7.23. The Labute approximate surface area is 122 Å². The van der Waals surface area contributed by atoms with E-state index in [-0.39, 0.29) is 5.41 Å². The van der Waals surface area contributed by atoms with Crippen molar-refractivity contribution in [2.45, 2.75) is 40.0 Å². The summed E-state index contributed by atoms with van der Waals surface area (Å²) in [6.07, 6.45) is 0.955. The summed E-state index contributed by atoms with van der Waals surface area (Å²) in [5, 5.41) is 9.60. The molecule has 1 N–H and O–H groups in total. The highest BCUT2D eigenvalue weighted by Crippen LogP contribution is 2.38. The number of aromatic hydroxyl groups is 1. The Morgan fingerprint density at radius 3 is 2.30 bits per heavy atom. The molecule has 20 heavy (non-hydrogen) atoms. The molecule has 0 saturated carbocycles. The Hall–Kier alpha value is -1.76. The molecule has 1 unspecified atom stereocenters. The summed E-state index contributed by atoms with van der Waals surface area (Å²) in [6.45, 7) is 8.99. The lowest BCUT2D eigenvalue weighted by Gasteiger charge is -2.32. The predicted octanol–water partition coefficient (Wildman–Crippen LogP) is 5.07.